The summed E-state index contributed by atoms with van der Waals surface area (Å²) in [5.74, 6) is -2.37. The zero-order valence-electron chi connectivity index (χ0n) is 19.1. The van der Waals surface area contributed by atoms with Gasteiger partial charge in [-0.15, -0.1) is 0 Å². The zero-order chi connectivity index (χ0) is 24.0. The Morgan fingerprint density at radius 3 is 2.52 bits per heavy atom. The molecule has 7 heteroatoms. The van der Waals surface area contributed by atoms with Crippen LogP contribution >= 0.6 is 11.6 Å². The highest BCUT2D eigenvalue weighted by Gasteiger charge is 2.42. The molecule has 1 aliphatic rings. The molecule has 1 heterocycles. The van der Waals surface area contributed by atoms with Crippen molar-refractivity contribution in [1.29, 1.82) is 0 Å². The first-order chi connectivity index (χ1) is 15.9. The summed E-state index contributed by atoms with van der Waals surface area (Å²) in [5, 5.41) is 0.507. The number of allylic oxidation sites excluding steroid dienone is 1. The van der Waals surface area contributed by atoms with Crippen LogP contribution in [0, 0.1) is 5.92 Å². The minimum absolute atomic E-state index is 0.201. The van der Waals surface area contributed by atoms with Crippen molar-refractivity contribution >= 4 is 29.3 Å². The average molecular weight is 469 g/mol. The zero-order valence-corrected chi connectivity index (χ0v) is 19.8. The summed E-state index contributed by atoms with van der Waals surface area (Å²) in [6, 6.07) is 16.7. The fraction of sp³-hybridized carbons (Fsp3) is 0.346. The number of nitrogens with zero attached hydrogens (tertiary/aromatic N) is 1. The average Bonchev–Trinajstić information content (AvgIpc) is 2.82. The van der Waals surface area contributed by atoms with E-state index in [0.717, 1.165) is 11.1 Å². The minimum atomic E-state index is -0.764. The molecule has 3 unspecified atom stereocenters. The van der Waals surface area contributed by atoms with Gasteiger partial charge in [-0.1, -0.05) is 54.1 Å². The maximum Gasteiger partial charge on any atom is 0.336 e. The van der Waals surface area contributed by atoms with Crippen molar-refractivity contribution in [1.82, 2.24) is 0 Å². The van der Waals surface area contributed by atoms with Gasteiger partial charge in [-0.3, -0.25) is 9.79 Å². The molecule has 0 radical (unpaired) electrons. The van der Waals surface area contributed by atoms with Gasteiger partial charge in [0.1, 0.15) is 5.92 Å². The van der Waals surface area contributed by atoms with E-state index >= 15 is 0 Å². The van der Waals surface area contributed by atoms with E-state index < -0.39 is 23.8 Å². The Labute approximate surface area is 199 Å². The number of ether oxygens (including phenoxy) is 2. The summed E-state index contributed by atoms with van der Waals surface area (Å²) in [5.41, 5.74) is 9.63. The number of carbonyl (C=O) groups excluding carboxylic acids is 2. The largest absolute Gasteiger partial charge is 0.468 e. The van der Waals surface area contributed by atoms with E-state index in [1.165, 1.54) is 7.11 Å². The van der Waals surface area contributed by atoms with Crippen molar-refractivity contribution in [3.63, 3.8) is 0 Å². The highest BCUT2D eigenvalue weighted by Crippen LogP contribution is 2.42. The highest BCUT2D eigenvalue weighted by atomic mass is 35.5. The Morgan fingerprint density at radius 2 is 1.88 bits per heavy atom. The molecule has 174 valence electrons. The number of benzene rings is 2. The molecule has 0 aliphatic carbocycles. The lowest BCUT2D eigenvalue weighted by molar-refractivity contribution is -0.144. The third kappa shape index (κ3) is 5.70. The van der Waals surface area contributed by atoms with Crippen LogP contribution in [0.4, 0.5) is 0 Å². The number of hydrogen-bond donors (Lipinski definition) is 1. The van der Waals surface area contributed by atoms with Crippen LogP contribution in [0.2, 0.25) is 5.02 Å². The van der Waals surface area contributed by atoms with Crippen LogP contribution in [0.1, 0.15) is 49.8 Å². The molecule has 0 spiro atoms. The lowest BCUT2D eigenvalue weighted by Crippen LogP contribution is -2.36. The molecule has 2 aromatic carbocycles. The molecular formula is C26H29ClN2O4. The van der Waals surface area contributed by atoms with E-state index in [-0.39, 0.29) is 12.6 Å². The number of hydrogen-bond acceptors (Lipinski definition) is 6. The fourth-order valence-electron chi connectivity index (χ4n) is 4.23. The molecule has 33 heavy (non-hydrogen) atoms. The number of methoxy groups -OCH3 is 1. The molecule has 0 saturated carbocycles. The summed E-state index contributed by atoms with van der Waals surface area (Å²) < 4.78 is 10.5. The summed E-state index contributed by atoms with van der Waals surface area (Å²) in [6.45, 7) is 3.72. The second-order valence-electron chi connectivity index (χ2n) is 7.92. The van der Waals surface area contributed by atoms with Crippen molar-refractivity contribution in [2.45, 2.75) is 38.6 Å². The lowest BCUT2D eigenvalue weighted by Gasteiger charge is -2.32. The number of aliphatic imine (C=N–C) groups is 1. The number of carbonyl (C=O) groups is 2. The summed E-state index contributed by atoms with van der Waals surface area (Å²) >= 11 is 6.26. The van der Waals surface area contributed by atoms with Gasteiger partial charge in [0.2, 0.25) is 0 Å². The molecule has 0 bridgehead atoms. The predicted molar refractivity (Wildman–Crippen MR) is 129 cm³/mol. The SMILES string of the molecule is CCOC(=O)C1=C(CCC(N)c2ccccc2)N=C(C)C(C(=O)OC)C1c1cccc(Cl)c1. The van der Waals surface area contributed by atoms with Gasteiger partial charge in [0, 0.05) is 22.7 Å². The maximum absolute atomic E-state index is 13.2. The number of halogens is 1. The van der Waals surface area contributed by atoms with Gasteiger partial charge in [0.05, 0.1) is 25.0 Å². The Bertz CT molecular complexity index is 1060. The van der Waals surface area contributed by atoms with Crippen LogP contribution in [0.25, 0.3) is 0 Å². The Kier molecular flexibility index (Phi) is 8.42. The smallest absolute Gasteiger partial charge is 0.336 e. The van der Waals surface area contributed by atoms with Gasteiger partial charge >= 0.3 is 11.9 Å². The van der Waals surface area contributed by atoms with Crippen LogP contribution in [-0.4, -0.2) is 31.4 Å². The molecule has 2 N–H and O–H groups in total. The number of esters is 2. The van der Waals surface area contributed by atoms with E-state index in [1.54, 1.807) is 32.0 Å². The predicted octanol–water partition coefficient (Wildman–Crippen LogP) is 4.98. The Morgan fingerprint density at radius 1 is 1.15 bits per heavy atom. The molecule has 0 saturated heterocycles. The standard InChI is InChI=1S/C26H29ClN2O4/c1-4-33-26(31)24-21(14-13-20(28)17-9-6-5-7-10-17)29-16(2)22(25(30)32-3)23(24)18-11-8-12-19(27)15-18/h5-12,15,20,22-23H,4,13-14,28H2,1-3H3. The van der Waals surface area contributed by atoms with Crippen LogP contribution in [-0.2, 0) is 19.1 Å². The van der Waals surface area contributed by atoms with Crippen molar-refractivity contribution in [2.24, 2.45) is 16.6 Å². The minimum Gasteiger partial charge on any atom is -0.468 e. The first kappa shape index (κ1) is 24.7. The molecule has 0 fully saturated rings. The number of rotatable bonds is 8. The summed E-state index contributed by atoms with van der Waals surface area (Å²) in [6.07, 6.45) is 1.02. The van der Waals surface area contributed by atoms with Gasteiger partial charge in [-0.05, 0) is 49.9 Å². The van der Waals surface area contributed by atoms with Crippen molar-refractivity contribution in [2.75, 3.05) is 13.7 Å². The maximum atomic E-state index is 13.2. The molecular weight excluding hydrogens is 440 g/mol. The van der Waals surface area contributed by atoms with Crippen LogP contribution in [0.15, 0.2) is 70.9 Å². The summed E-state index contributed by atoms with van der Waals surface area (Å²) in [7, 11) is 1.33. The second kappa shape index (κ2) is 11.3. The van der Waals surface area contributed by atoms with Crippen molar-refractivity contribution in [3.8, 4) is 0 Å². The lowest BCUT2D eigenvalue weighted by atomic mass is 9.75. The first-order valence-corrected chi connectivity index (χ1v) is 11.3. The third-order valence-corrected chi connectivity index (χ3v) is 6.03. The Balaban J connectivity index is 2.08. The van der Waals surface area contributed by atoms with Gasteiger partial charge < -0.3 is 15.2 Å². The van der Waals surface area contributed by atoms with Gasteiger partial charge in [-0.25, -0.2) is 4.79 Å². The van der Waals surface area contributed by atoms with Crippen molar-refractivity contribution in [3.05, 3.63) is 82.0 Å². The van der Waals surface area contributed by atoms with E-state index in [0.29, 0.717) is 34.8 Å². The molecule has 6 nitrogen and oxygen atoms in total. The molecule has 1 aliphatic heterocycles. The van der Waals surface area contributed by atoms with E-state index in [9.17, 15) is 9.59 Å². The van der Waals surface area contributed by atoms with Crippen LogP contribution in [0.5, 0.6) is 0 Å². The van der Waals surface area contributed by atoms with Crippen LogP contribution in [0.3, 0.4) is 0 Å². The fourth-order valence-corrected chi connectivity index (χ4v) is 4.42. The molecule has 3 atom stereocenters. The quantitative estimate of drug-likeness (QED) is 0.551. The molecule has 2 aromatic rings. The third-order valence-electron chi connectivity index (χ3n) is 5.79. The number of nitrogens with two attached hydrogens (primary N) is 1. The summed E-state index contributed by atoms with van der Waals surface area (Å²) in [4.78, 5) is 30.7. The van der Waals surface area contributed by atoms with Gasteiger partial charge in [-0.2, -0.15) is 0 Å². The topological polar surface area (TPSA) is 91.0 Å². The molecule has 0 aromatic heterocycles. The highest BCUT2D eigenvalue weighted by molar-refractivity contribution is 6.30. The van der Waals surface area contributed by atoms with Crippen molar-refractivity contribution < 1.29 is 19.1 Å². The Hall–Kier alpha value is -2.96. The van der Waals surface area contributed by atoms with E-state index in [1.807, 2.05) is 36.4 Å². The normalized spacial score (nSPS) is 19.0. The monoisotopic (exact) mass is 468 g/mol. The van der Waals surface area contributed by atoms with Gasteiger partial charge in [0.15, 0.2) is 0 Å². The van der Waals surface area contributed by atoms with Gasteiger partial charge in [0.25, 0.3) is 0 Å². The van der Waals surface area contributed by atoms with E-state index in [4.69, 9.17) is 26.8 Å². The second-order valence-corrected chi connectivity index (χ2v) is 8.36. The van der Waals surface area contributed by atoms with E-state index in [2.05, 4.69) is 4.99 Å². The first-order valence-electron chi connectivity index (χ1n) is 11.0. The van der Waals surface area contributed by atoms with Crippen LogP contribution < -0.4 is 5.73 Å². The molecule has 3 rings (SSSR count). The molecule has 0 amide bonds.